The van der Waals surface area contributed by atoms with Crippen molar-refractivity contribution in [2.75, 3.05) is 0 Å². The summed E-state index contributed by atoms with van der Waals surface area (Å²) in [6.07, 6.45) is 1.32. The molecule has 1 N–H and O–H groups in total. The lowest BCUT2D eigenvalue weighted by Gasteiger charge is -2.26. The summed E-state index contributed by atoms with van der Waals surface area (Å²) >= 11 is 0. The van der Waals surface area contributed by atoms with Crippen LogP contribution in [0.2, 0.25) is 0 Å². The van der Waals surface area contributed by atoms with Gasteiger partial charge in [-0.1, -0.05) is 26.0 Å². The van der Waals surface area contributed by atoms with Crippen molar-refractivity contribution >= 4 is 11.7 Å². The van der Waals surface area contributed by atoms with Crippen LogP contribution in [-0.2, 0) is 11.2 Å². The van der Waals surface area contributed by atoms with Crippen LogP contribution >= 0.6 is 0 Å². The predicted molar refractivity (Wildman–Crippen MR) is 67.5 cm³/mol. The fourth-order valence-corrected chi connectivity index (χ4v) is 2.05. The fourth-order valence-electron chi connectivity index (χ4n) is 2.05. The highest BCUT2D eigenvalue weighted by atomic mass is 16.6. The number of rotatable bonds is 6. The van der Waals surface area contributed by atoms with Gasteiger partial charge in [-0.2, -0.15) is 0 Å². The number of carboxylic acids is 1. The number of non-ortho nitro benzene ring substituents is 1. The SMILES string of the molecule is CCC(CC)(Cc1cccc([N+](=O)[O-])c1)C(=O)O. The molecule has 98 valence electrons. The smallest absolute Gasteiger partial charge is 0.309 e. The van der Waals surface area contributed by atoms with Crippen LogP contribution in [0.15, 0.2) is 24.3 Å². The number of carbonyl (C=O) groups is 1. The second-order valence-corrected chi connectivity index (χ2v) is 4.40. The van der Waals surface area contributed by atoms with Gasteiger partial charge in [-0.25, -0.2) is 0 Å². The van der Waals surface area contributed by atoms with Crippen LogP contribution in [0.4, 0.5) is 5.69 Å². The van der Waals surface area contributed by atoms with Gasteiger partial charge in [0.1, 0.15) is 0 Å². The maximum atomic E-state index is 11.4. The molecule has 0 amide bonds. The third kappa shape index (κ3) is 2.85. The molecule has 1 rings (SSSR count). The van der Waals surface area contributed by atoms with Crippen LogP contribution in [0, 0.1) is 15.5 Å². The molecule has 0 aliphatic carbocycles. The van der Waals surface area contributed by atoms with Crippen molar-refractivity contribution < 1.29 is 14.8 Å². The monoisotopic (exact) mass is 251 g/mol. The number of benzene rings is 1. The molecule has 0 saturated heterocycles. The van der Waals surface area contributed by atoms with Gasteiger partial charge in [0.05, 0.1) is 10.3 Å². The first-order valence-electron chi connectivity index (χ1n) is 5.92. The zero-order valence-electron chi connectivity index (χ0n) is 10.5. The van der Waals surface area contributed by atoms with Crippen molar-refractivity contribution in [3.8, 4) is 0 Å². The van der Waals surface area contributed by atoms with Crippen LogP contribution in [0.3, 0.4) is 0 Å². The van der Waals surface area contributed by atoms with E-state index in [9.17, 15) is 20.0 Å². The van der Waals surface area contributed by atoms with E-state index in [1.54, 1.807) is 12.1 Å². The van der Waals surface area contributed by atoms with Crippen molar-refractivity contribution in [1.82, 2.24) is 0 Å². The van der Waals surface area contributed by atoms with E-state index in [1.165, 1.54) is 12.1 Å². The standard InChI is InChI=1S/C13H17NO4/c1-3-13(4-2,12(15)16)9-10-6-5-7-11(8-10)14(17)18/h5-8H,3-4,9H2,1-2H3,(H,15,16). The molecular weight excluding hydrogens is 234 g/mol. The first-order valence-corrected chi connectivity index (χ1v) is 5.92. The predicted octanol–water partition coefficient (Wildman–Crippen LogP) is 3.03. The van der Waals surface area contributed by atoms with Crippen LogP contribution in [0.1, 0.15) is 32.3 Å². The molecule has 18 heavy (non-hydrogen) atoms. The Hall–Kier alpha value is -1.91. The Balaban J connectivity index is 3.05. The van der Waals surface area contributed by atoms with Gasteiger partial charge in [-0.05, 0) is 24.8 Å². The lowest BCUT2D eigenvalue weighted by Crippen LogP contribution is -2.32. The summed E-state index contributed by atoms with van der Waals surface area (Å²) in [5, 5.41) is 20.0. The molecule has 1 aromatic carbocycles. The van der Waals surface area contributed by atoms with Gasteiger partial charge in [0.25, 0.3) is 5.69 Å². The molecular formula is C13H17NO4. The quantitative estimate of drug-likeness (QED) is 0.622. The number of hydrogen-bond acceptors (Lipinski definition) is 3. The zero-order valence-corrected chi connectivity index (χ0v) is 10.5. The van der Waals surface area contributed by atoms with E-state index in [0.29, 0.717) is 24.8 Å². The summed E-state index contributed by atoms with van der Waals surface area (Å²) in [6, 6.07) is 6.17. The van der Waals surface area contributed by atoms with Crippen molar-refractivity contribution in [2.45, 2.75) is 33.1 Å². The molecule has 0 atom stereocenters. The molecule has 0 unspecified atom stereocenters. The van der Waals surface area contributed by atoms with Crippen LogP contribution in [0.25, 0.3) is 0 Å². The second-order valence-electron chi connectivity index (χ2n) is 4.40. The van der Waals surface area contributed by atoms with E-state index in [4.69, 9.17) is 0 Å². The Kier molecular flexibility index (Phi) is 4.42. The summed E-state index contributed by atoms with van der Waals surface area (Å²) in [5.41, 5.74) is -0.149. The van der Waals surface area contributed by atoms with Gasteiger partial charge in [0, 0.05) is 12.1 Å². The first-order chi connectivity index (χ1) is 8.45. The maximum Gasteiger partial charge on any atom is 0.309 e. The number of nitro benzene ring substituents is 1. The number of aliphatic carboxylic acids is 1. The summed E-state index contributed by atoms with van der Waals surface area (Å²) in [4.78, 5) is 21.6. The van der Waals surface area contributed by atoms with Gasteiger partial charge >= 0.3 is 5.97 Å². The van der Waals surface area contributed by atoms with Gasteiger partial charge in [-0.15, -0.1) is 0 Å². The van der Waals surface area contributed by atoms with E-state index in [1.807, 2.05) is 13.8 Å². The lowest BCUT2D eigenvalue weighted by atomic mass is 9.77. The molecule has 5 heteroatoms. The molecule has 0 aliphatic rings. The Morgan fingerprint density at radius 2 is 2.00 bits per heavy atom. The normalized spacial score (nSPS) is 11.2. The molecule has 0 aliphatic heterocycles. The van der Waals surface area contributed by atoms with Crippen molar-refractivity contribution in [2.24, 2.45) is 5.41 Å². The van der Waals surface area contributed by atoms with E-state index in [0.717, 1.165) is 0 Å². The number of nitrogens with zero attached hydrogens (tertiary/aromatic N) is 1. The van der Waals surface area contributed by atoms with Gasteiger partial charge in [-0.3, -0.25) is 14.9 Å². The van der Waals surface area contributed by atoms with E-state index < -0.39 is 16.3 Å². The Morgan fingerprint density at radius 3 is 2.44 bits per heavy atom. The highest BCUT2D eigenvalue weighted by molar-refractivity contribution is 5.75. The summed E-state index contributed by atoms with van der Waals surface area (Å²) in [7, 11) is 0. The fraction of sp³-hybridized carbons (Fsp3) is 0.462. The molecule has 0 bridgehead atoms. The third-order valence-corrected chi connectivity index (χ3v) is 3.47. The average molecular weight is 251 g/mol. The molecule has 0 heterocycles. The summed E-state index contributed by atoms with van der Waals surface area (Å²) in [5.74, 6) is -0.848. The highest BCUT2D eigenvalue weighted by Crippen LogP contribution is 2.32. The van der Waals surface area contributed by atoms with Crippen LogP contribution in [-0.4, -0.2) is 16.0 Å². The topological polar surface area (TPSA) is 80.4 Å². The molecule has 5 nitrogen and oxygen atoms in total. The van der Waals surface area contributed by atoms with Gasteiger partial charge in [0.15, 0.2) is 0 Å². The third-order valence-electron chi connectivity index (χ3n) is 3.47. The zero-order chi connectivity index (χ0) is 13.8. The lowest BCUT2D eigenvalue weighted by molar-refractivity contribution is -0.384. The van der Waals surface area contributed by atoms with Crippen molar-refractivity contribution in [3.05, 3.63) is 39.9 Å². The van der Waals surface area contributed by atoms with E-state index in [-0.39, 0.29) is 5.69 Å². The Morgan fingerprint density at radius 1 is 1.39 bits per heavy atom. The average Bonchev–Trinajstić information content (AvgIpc) is 2.36. The minimum atomic E-state index is -0.848. The van der Waals surface area contributed by atoms with Gasteiger partial charge < -0.3 is 5.11 Å². The largest absolute Gasteiger partial charge is 0.481 e. The number of carboxylic acid groups (broad SMARTS) is 1. The van der Waals surface area contributed by atoms with Gasteiger partial charge in [0.2, 0.25) is 0 Å². The number of nitro groups is 1. The molecule has 1 aromatic rings. The number of hydrogen-bond donors (Lipinski definition) is 1. The summed E-state index contributed by atoms with van der Waals surface area (Å²) < 4.78 is 0. The first kappa shape index (κ1) is 14.2. The highest BCUT2D eigenvalue weighted by Gasteiger charge is 2.35. The maximum absolute atomic E-state index is 11.4. The summed E-state index contributed by atoms with van der Waals surface area (Å²) in [6.45, 7) is 3.66. The van der Waals surface area contributed by atoms with Crippen molar-refractivity contribution in [1.29, 1.82) is 0 Å². The minimum absolute atomic E-state index is 0.000931. The van der Waals surface area contributed by atoms with Crippen LogP contribution in [0.5, 0.6) is 0 Å². The molecule has 0 fully saturated rings. The van der Waals surface area contributed by atoms with Crippen LogP contribution < -0.4 is 0 Å². The molecule has 0 aromatic heterocycles. The minimum Gasteiger partial charge on any atom is -0.481 e. The second kappa shape index (κ2) is 5.62. The van der Waals surface area contributed by atoms with E-state index >= 15 is 0 Å². The Bertz CT molecular complexity index is 452. The molecule has 0 spiro atoms. The van der Waals surface area contributed by atoms with Crippen molar-refractivity contribution in [3.63, 3.8) is 0 Å². The molecule has 0 saturated carbocycles. The van der Waals surface area contributed by atoms with E-state index in [2.05, 4.69) is 0 Å². The Labute approximate surface area is 106 Å². The molecule has 0 radical (unpaired) electrons.